The topological polar surface area (TPSA) is 77.4 Å². The summed E-state index contributed by atoms with van der Waals surface area (Å²) in [5.41, 5.74) is 2.68. The largest absolute Gasteiger partial charge is 0.496 e. The highest BCUT2D eigenvalue weighted by Gasteiger charge is 2.14. The summed E-state index contributed by atoms with van der Waals surface area (Å²) >= 11 is 0. The number of carbonyl (C=O) groups excluding carboxylic acids is 1. The first-order valence-corrected chi connectivity index (χ1v) is 7.77. The zero-order valence-corrected chi connectivity index (χ0v) is 14.5. The normalized spacial score (nSPS) is 11.8. The summed E-state index contributed by atoms with van der Waals surface area (Å²) in [5.74, 6) is 0.751. The highest BCUT2D eigenvalue weighted by atomic mass is 16.5. The molecule has 2 amide bonds. The molecule has 1 aromatic heterocycles. The van der Waals surface area contributed by atoms with E-state index in [1.165, 1.54) is 0 Å². The Balaban J connectivity index is 1.96. The quantitative estimate of drug-likeness (QED) is 0.817. The number of urea groups is 1. The molecule has 0 saturated heterocycles. The van der Waals surface area contributed by atoms with Gasteiger partial charge in [-0.15, -0.1) is 0 Å². The van der Waals surface area contributed by atoms with Gasteiger partial charge >= 0.3 is 6.03 Å². The molecule has 0 bridgehead atoms. The van der Waals surface area contributed by atoms with Gasteiger partial charge < -0.3 is 20.1 Å². The number of nitrogens with zero attached hydrogens (tertiary/aromatic N) is 2. The molecule has 1 heterocycles. The van der Waals surface area contributed by atoms with E-state index in [1.54, 1.807) is 31.3 Å². The molecule has 130 valence electrons. The Morgan fingerprint density at radius 1 is 1.38 bits per heavy atom. The smallest absolute Gasteiger partial charge is 0.319 e. The molecule has 0 saturated carbocycles. The molecule has 0 aliphatic heterocycles. The summed E-state index contributed by atoms with van der Waals surface area (Å²) in [5, 5.41) is 9.84. The first kappa shape index (κ1) is 17.8. The number of methoxy groups -OCH3 is 2. The molecule has 2 N–H and O–H groups in total. The van der Waals surface area contributed by atoms with Crippen molar-refractivity contribution in [2.24, 2.45) is 0 Å². The van der Waals surface area contributed by atoms with Crippen LogP contribution >= 0.6 is 0 Å². The number of amides is 2. The third kappa shape index (κ3) is 4.73. The fourth-order valence-corrected chi connectivity index (χ4v) is 2.37. The van der Waals surface area contributed by atoms with Gasteiger partial charge in [0.15, 0.2) is 0 Å². The maximum Gasteiger partial charge on any atom is 0.319 e. The average Bonchev–Trinajstić information content (AvgIpc) is 2.99. The maximum absolute atomic E-state index is 12.2. The summed E-state index contributed by atoms with van der Waals surface area (Å²) in [6, 6.07) is 5.40. The van der Waals surface area contributed by atoms with Crippen LogP contribution in [-0.4, -0.2) is 36.6 Å². The van der Waals surface area contributed by atoms with Crippen LogP contribution < -0.4 is 15.4 Å². The van der Waals surface area contributed by atoms with Gasteiger partial charge in [0.05, 0.1) is 38.2 Å². The highest BCUT2D eigenvalue weighted by Crippen LogP contribution is 2.26. The molecule has 1 unspecified atom stereocenters. The van der Waals surface area contributed by atoms with Crippen molar-refractivity contribution < 1.29 is 14.3 Å². The van der Waals surface area contributed by atoms with Gasteiger partial charge in [0.2, 0.25) is 0 Å². The van der Waals surface area contributed by atoms with Gasteiger partial charge in [-0.3, -0.25) is 4.68 Å². The van der Waals surface area contributed by atoms with E-state index in [-0.39, 0.29) is 12.1 Å². The fourth-order valence-electron chi connectivity index (χ4n) is 2.37. The Kier molecular flexibility index (Phi) is 6.20. The third-order valence-electron chi connectivity index (χ3n) is 3.61. The first-order valence-electron chi connectivity index (χ1n) is 7.77. The number of hydrogen-bond acceptors (Lipinski definition) is 4. The van der Waals surface area contributed by atoms with E-state index in [1.807, 2.05) is 32.0 Å². The lowest BCUT2D eigenvalue weighted by Crippen LogP contribution is -2.31. The minimum atomic E-state index is -0.294. The second kappa shape index (κ2) is 8.35. The van der Waals surface area contributed by atoms with Gasteiger partial charge in [-0.05, 0) is 19.9 Å². The molecule has 7 nitrogen and oxygen atoms in total. The van der Waals surface area contributed by atoms with E-state index in [0.29, 0.717) is 18.8 Å². The van der Waals surface area contributed by atoms with Crippen molar-refractivity contribution in [3.05, 3.63) is 41.7 Å². The Labute approximate surface area is 142 Å². The van der Waals surface area contributed by atoms with E-state index in [0.717, 1.165) is 16.9 Å². The summed E-state index contributed by atoms with van der Waals surface area (Å²) in [6.45, 7) is 5.12. The fraction of sp³-hybridized carbons (Fsp3) is 0.412. The monoisotopic (exact) mass is 332 g/mol. The van der Waals surface area contributed by atoms with Gasteiger partial charge in [-0.1, -0.05) is 17.7 Å². The SMILES string of the molecule is COCCn1cc(NC(=O)NC(C)c2cc(C)ccc2OC)cn1. The lowest BCUT2D eigenvalue weighted by Gasteiger charge is -2.18. The Morgan fingerprint density at radius 3 is 2.88 bits per heavy atom. The third-order valence-corrected chi connectivity index (χ3v) is 3.61. The van der Waals surface area contributed by atoms with Crippen molar-refractivity contribution in [3.8, 4) is 5.75 Å². The predicted molar refractivity (Wildman–Crippen MR) is 92.4 cm³/mol. The zero-order chi connectivity index (χ0) is 17.5. The Bertz CT molecular complexity index is 684. The molecular weight excluding hydrogens is 308 g/mol. The predicted octanol–water partition coefficient (Wildman–Crippen LogP) is 2.73. The van der Waals surface area contributed by atoms with Crippen LogP contribution in [0.15, 0.2) is 30.6 Å². The zero-order valence-electron chi connectivity index (χ0n) is 14.5. The number of benzene rings is 1. The lowest BCUT2D eigenvalue weighted by molar-refractivity contribution is 0.183. The molecule has 1 aromatic carbocycles. The number of carbonyl (C=O) groups is 1. The number of rotatable bonds is 7. The Hall–Kier alpha value is -2.54. The standard InChI is InChI=1S/C17H24N4O3/c1-12-5-6-16(24-4)15(9-12)13(2)19-17(22)20-14-10-18-21(11-14)7-8-23-3/h5-6,9-11,13H,7-8H2,1-4H3,(H2,19,20,22). The molecule has 7 heteroatoms. The van der Waals surface area contributed by atoms with Gasteiger partial charge in [0.25, 0.3) is 0 Å². The van der Waals surface area contributed by atoms with Crippen LogP contribution in [0.4, 0.5) is 10.5 Å². The highest BCUT2D eigenvalue weighted by molar-refractivity contribution is 5.89. The van der Waals surface area contributed by atoms with Crippen molar-refractivity contribution in [3.63, 3.8) is 0 Å². The molecule has 2 rings (SSSR count). The molecule has 0 fully saturated rings. The van der Waals surface area contributed by atoms with Crippen LogP contribution in [0.2, 0.25) is 0 Å². The molecule has 0 spiro atoms. The summed E-state index contributed by atoms with van der Waals surface area (Å²) in [4.78, 5) is 12.2. The van der Waals surface area contributed by atoms with Gasteiger partial charge in [-0.2, -0.15) is 5.10 Å². The lowest BCUT2D eigenvalue weighted by atomic mass is 10.0. The van der Waals surface area contributed by atoms with Crippen LogP contribution in [0, 0.1) is 6.92 Å². The van der Waals surface area contributed by atoms with E-state index in [9.17, 15) is 4.79 Å². The van der Waals surface area contributed by atoms with Crippen molar-refractivity contribution in [1.29, 1.82) is 0 Å². The van der Waals surface area contributed by atoms with Crippen molar-refractivity contribution in [1.82, 2.24) is 15.1 Å². The summed E-state index contributed by atoms with van der Waals surface area (Å²) in [6.07, 6.45) is 3.36. The van der Waals surface area contributed by atoms with E-state index >= 15 is 0 Å². The maximum atomic E-state index is 12.2. The van der Waals surface area contributed by atoms with Crippen molar-refractivity contribution in [2.75, 3.05) is 26.1 Å². The molecule has 24 heavy (non-hydrogen) atoms. The van der Waals surface area contributed by atoms with Crippen LogP contribution in [0.3, 0.4) is 0 Å². The number of aromatic nitrogens is 2. The van der Waals surface area contributed by atoms with Crippen molar-refractivity contribution >= 4 is 11.7 Å². The number of nitrogens with one attached hydrogen (secondary N) is 2. The molecule has 2 aromatic rings. The summed E-state index contributed by atoms with van der Waals surface area (Å²) in [7, 11) is 3.26. The number of aryl methyl sites for hydroxylation is 1. The molecule has 0 radical (unpaired) electrons. The summed E-state index contributed by atoms with van der Waals surface area (Å²) < 4.78 is 12.1. The van der Waals surface area contributed by atoms with Crippen LogP contribution in [0.25, 0.3) is 0 Å². The molecule has 0 aliphatic rings. The van der Waals surface area contributed by atoms with E-state index < -0.39 is 0 Å². The minimum absolute atomic E-state index is 0.191. The molecule has 1 atom stereocenters. The molecular formula is C17H24N4O3. The van der Waals surface area contributed by atoms with Gasteiger partial charge in [-0.25, -0.2) is 4.79 Å². The second-order valence-corrected chi connectivity index (χ2v) is 5.55. The van der Waals surface area contributed by atoms with Crippen LogP contribution in [-0.2, 0) is 11.3 Å². The van der Waals surface area contributed by atoms with Gasteiger partial charge in [0.1, 0.15) is 5.75 Å². The minimum Gasteiger partial charge on any atom is -0.496 e. The average molecular weight is 332 g/mol. The van der Waals surface area contributed by atoms with Gasteiger partial charge in [0, 0.05) is 18.9 Å². The van der Waals surface area contributed by atoms with E-state index in [4.69, 9.17) is 9.47 Å². The molecule has 0 aliphatic carbocycles. The van der Waals surface area contributed by atoms with Crippen molar-refractivity contribution in [2.45, 2.75) is 26.4 Å². The van der Waals surface area contributed by atoms with Crippen LogP contribution in [0.5, 0.6) is 5.75 Å². The Morgan fingerprint density at radius 2 is 2.17 bits per heavy atom. The second-order valence-electron chi connectivity index (χ2n) is 5.55. The number of ether oxygens (including phenoxy) is 2. The number of anilines is 1. The van der Waals surface area contributed by atoms with Crippen LogP contribution in [0.1, 0.15) is 24.1 Å². The van der Waals surface area contributed by atoms with E-state index in [2.05, 4.69) is 15.7 Å². The first-order chi connectivity index (χ1) is 11.5. The number of hydrogen-bond donors (Lipinski definition) is 2.